The number of nitrogens with one attached hydrogen (secondary N) is 1. The number of anilines is 1. The maximum absolute atomic E-state index is 12.9. The minimum Gasteiger partial charge on any atom is -0.497 e. The first kappa shape index (κ1) is 21.2. The van der Waals surface area contributed by atoms with Crippen LogP contribution in [0.2, 0.25) is 0 Å². The van der Waals surface area contributed by atoms with E-state index in [-0.39, 0.29) is 5.56 Å². The maximum Gasteiger partial charge on any atom is 0.416 e. The van der Waals surface area contributed by atoms with Gasteiger partial charge in [0.1, 0.15) is 23.2 Å². The van der Waals surface area contributed by atoms with Crippen LogP contribution >= 0.6 is 0 Å². The topological polar surface area (TPSA) is 73.6 Å². The highest BCUT2D eigenvalue weighted by Gasteiger charge is 2.31. The Bertz CT molecular complexity index is 1030. The number of alkyl halides is 3. The van der Waals surface area contributed by atoms with Gasteiger partial charge < -0.3 is 14.0 Å². The first-order valence-corrected chi connectivity index (χ1v) is 8.94. The van der Waals surface area contributed by atoms with Crippen LogP contribution in [0.15, 0.2) is 53.1 Å². The summed E-state index contributed by atoms with van der Waals surface area (Å²) in [6.07, 6.45) is -6.23. The van der Waals surface area contributed by atoms with Gasteiger partial charge in [0.15, 0.2) is 5.76 Å². The number of benzene rings is 2. The summed E-state index contributed by atoms with van der Waals surface area (Å²) in [7, 11) is 1.54. The summed E-state index contributed by atoms with van der Waals surface area (Å²) in [5, 5.41) is 6.42. The molecule has 0 unspecified atom stereocenters. The second-order valence-electron chi connectivity index (χ2n) is 6.50. The van der Waals surface area contributed by atoms with E-state index in [2.05, 4.69) is 10.5 Å². The summed E-state index contributed by atoms with van der Waals surface area (Å²) in [6, 6.07) is 11.6. The van der Waals surface area contributed by atoms with Gasteiger partial charge in [-0.2, -0.15) is 13.2 Å². The number of hydrogen-bond acceptors (Lipinski definition) is 5. The normalized spacial score (nSPS) is 12.3. The van der Waals surface area contributed by atoms with Gasteiger partial charge in [-0.05, 0) is 55.8 Å². The monoisotopic (exact) mass is 420 g/mol. The van der Waals surface area contributed by atoms with E-state index >= 15 is 0 Å². The number of ether oxygens (including phenoxy) is 2. The SMILES string of the molecule is COc1ccc(-c2onc(C)c2NC(=O)O[C@H](C)c2cccc(C(F)(F)F)c2)cc1. The van der Waals surface area contributed by atoms with Gasteiger partial charge in [0, 0.05) is 5.56 Å². The van der Waals surface area contributed by atoms with E-state index < -0.39 is 23.9 Å². The molecule has 0 aliphatic carbocycles. The lowest BCUT2D eigenvalue weighted by molar-refractivity contribution is -0.137. The zero-order valence-electron chi connectivity index (χ0n) is 16.4. The minimum atomic E-state index is -4.48. The second-order valence-corrected chi connectivity index (χ2v) is 6.50. The Kier molecular flexibility index (Phi) is 6.00. The van der Waals surface area contributed by atoms with E-state index in [9.17, 15) is 18.0 Å². The van der Waals surface area contributed by atoms with Crippen LogP contribution < -0.4 is 10.1 Å². The molecule has 158 valence electrons. The van der Waals surface area contributed by atoms with E-state index in [1.165, 1.54) is 19.1 Å². The number of halogens is 3. The molecule has 6 nitrogen and oxygen atoms in total. The van der Waals surface area contributed by atoms with Crippen molar-refractivity contribution in [2.24, 2.45) is 0 Å². The molecule has 9 heteroatoms. The zero-order chi connectivity index (χ0) is 21.9. The van der Waals surface area contributed by atoms with Gasteiger partial charge in [0.25, 0.3) is 0 Å². The second kappa shape index (κ2) is 8.48. The van der Waals surface area contributed by atoms with Crippen molar-refractivity contribution in [1.82, 2.24) is 5.16 Å². The van der Waals surface area contributed by atoms with Crippen molar-refractivity contribution in [2.45, 2.75) is 26.1 Å². The Morgan fingerprint density at radius 2 is 1.87 bits per heavy atom. The van der Waals surface area contributed by atoms with E-state index in [1.807, 2.05) is 0 Å². The third kappa shape index (κ3) is 4.73. The van der Waals surface area contributed by atoms with E-state index in [1.54, 1.807) is 38.3 Å². The standard InChI is InChI=1S/C21H19F3N2O4/c1-12-18(19(30-26-12)14-7-9-17(28-3)10-8-14)25-20(27)29-13(2)15-5-4-6-16(11-15)21(22,23)24/h4-11,13H,1-3H3,(H,25,27)/t13-/m1/s1. The predicted octanol–water partition coefficient (Wildman–Crippen LogP) is 5.99. The Hall–Kier alpha value is -3.49. The van der Waals surface area contributed by atoms with Crippen molar-refractivity contribution in [3.8, 4) is 17.1 Å². The average molecular weight is 420 g/mol. The lowest BCUT2D eigenvalue weighted by Gasteiger charge is -2.16. The molecule has 1 atom stereocenters. The molecule has 0 aliphatic rings. The molecule has 0 spiro atoms. The Balaban J connectivity index is 1.74. The van der Waals surface area contributed by atoms with Crippen LogP contribution in [0.1, 0.15) is 29.8 Å². The number of nitrogens with zero attached hydrogens (tertiary/aromatic N) is 1. The van der Waals surface area contributed by atoms with Crippen LogP contribution in [0, 0.1) is 6.92 Å². The maximum atomic E-state index is 12.9. The number of carbonyl (C=O) groups excluding carboxylic acids is 1. The van der Waals surface area contributed by atoms with Gasteiger partial charge in [-0.3, -0.25) is 5.32 Å². The molecule has 0 aliphatic heterocycles. The highest BCUT2D eigenvalue weighted by atomic mass is 19.4. The fraction of sp³-hybridized carbons (Fsp3) is 0.238. The van der Waals surface area contributed by atoms with Crippen molar-refractivity contribution in [2.75, 3.05) is 12.4 Å². The van der Waals surface area contributed by atoms with Crippen LogP contribution in [-0.2, 0) is 10.9 Å². The number of methoxy groups -OCH3 is 1. The van der Waals surface area contributed by atoms with Crippen LogP contribution in [0.5, 0.6) is 5.75 Å². The fourth-order valence-electron chi connectivity index (χ4n) is 2.78. The number of aromatic nitrogens is 1. The molecule has 1 amide bonds. The molecule has 0 saturated carbocycles. The van der Waals surface area contributed by atoms with Gasteiger partial charge in [0.2, 0.25) is 0 Å². The van der Waals surface area contributed by atoms with Gasteiger partial charge in [-0.25, -0.2) is 4.79 Å². The molecule has 3 aromatic rings. The van der Waals surface area contributed by atoms with Crippen molar-refractivity contribution >= 4 is 11.8 Å². The van der Waals surface area contributed by atoms with Gasteiger partial charge in [0.05, 0.1) is 12.7 Å². The minimum absolute atomic E-state index is 0.220. The molecule has 30 heavy (non-hydrogen) atoms. The summed E-state index contributed by atoms with van der Waals surface area (Å²) in [5.41, 5.74) is 0.786. The van der Waals surface area contributed by atoms with E-state index in [0.717, 1.165) is 12.1 Å². The average Bonchev–Trinajstić information content (AvgIpc) is 3.07. The molecule has 0 saturated heterocycles. The van der Waals surface area contributed by atoms with Crippen molar-refractivity contribution in [3.05, 3.63) is 65.4 Å². The molecule has 1 heterocycles. The molecule has 2 aromatic carbocycles. The first-order chi connectivity index (χ1) is 14.2. The quantitative estimate of drug-likeness (QED) is 0.549. The molecule has 1 aromatic heterocycles. The van der Waals surface area contributed by atoms with Crippen molar-refractivity contribution in [3.63, 3.8) is 0 Å². The van der Waals surface area contributed by atoms with Gasteiger partial charge in [-0.1, -0.05) is 17.3 Å². The lowest BCUT2D eigenvalue weighted by atomic mass is 10.1. The summed E-state index contributed by atoms with van der Waals surface area (Å²) >= 11 is 0. The van der Waals surface area contributed by atoms with Crippen LogP contribution in [-0.4, -0.2) is 18.4 Å². The van der Waals surface area contributed by atoms with Crippen LogP contribution in [0.4, 0.5) is 23.7 Å². The summed E-state index contributed by atoms with van der Waals surface area (Å²) in [5.74, 6) is 0.970. The Morgan fingerprint density at radius 3 is 2.50 bits per heavy atom. The molecular weight excluding hydrogens is 401 g/mol. The lowest BCUT2D eigenvalue weighted by Crippen LogP contribution is -2.17. The highest BCUT2D eigenvalue weighted by Crippen LogP contribution is 2.33. The predicted molar refractivity (Wildman–Crippen MR) is 103 cm³/mol. The molecular formula is C21H19F3N2O4. The van der Waals surface area contributed by atoms with Crippen molar-refractivity contribution in [1.29, 1.82) is 0 Å². The number of hydrogen-bond donors (Lipinski definition) is 1. The number of aryl methyl sites for hydroxylation is 1. The Morgan fingerprint density at radius 1 is 1.17 bits per heavy atom. The fourth-order valence-corrected chi connectivity index (χ4v) is 2.78. The Labute approximate surface area is 170 Å². The van der Waals surface area contributed by atoms with E-state index in [4.69, 9.17) is 14.0 Å². The van der Waals surface area contributed by atoms with Gasteiger partial charge in [-0.15, -0.1) is 0 Å². The summed E-state index contributed by atoms with van der Waals surface area (Å²) in [4.78, 5) is 12.4. The molecule has 1 N–H and O–H groups in total. The van der Waals surface area contributed by atoms with Crippen LogP contribution in [0.3, 0.4) is 0 Å². The first-order valence-electron chi connectivity index (χ1n) is 8.94. The zero-order valence-corrected chi connectivity index (χ0v) is 16.4. The molecule has 0 radical (unpaired) electrons. The highest BCUT2D eigenvalue weighted by molar-refractivity contribution is 5.90. The summed E-state index contributed by atoms with van der Waals surface area (Å²) in [6.45, 7) is 3.13. The van der Waals surface area contributed by atoms with Crippen molar-refractivity contribution < 1.29 is 32.0 Å². The molecule has 3 rings (SSSR count). The van der Waals surface area contributed by atoms with Crippen LogP contribution in [0.25, 0.3) is 11.3 Å². The third-order valence-electron chi connectivity index (χ3n) is 4.41. The largest absolute Gasteiger partial charge is 0.497 e. The smallest absolute Gasteiger partial charge is 0.416 e. The van der Waals surface area contributed by atoms with E-state index in [0.29, 0.717) is 28.5 Å². The molecule has 0 bridgehead atoms. The summed E-state index contributed by atoms with van der Waals surface area (Å²) < 4.78 is 54.4. The third-order valence-corrected chi connectivity index (χ3v) is 4.41. The van der Waals surface area contributed by atoms with Gasteiger partial charge >= 0.3 is 12.3 Å². The number of rotatable bonds is 5. The molecule has 0 fully saturated rings. The number of amides is 1. The number of carbonyl (C=O) groups is 1.